The average Bonchev–Trinajstić information content (AvgIpc) is 2.35. The molecule has 18 heavy (non-hydrogen) atoms. The molecule has 0 saturated carbocycles. The molecule has 0 aliphatic heterocycles. The number of nitrogens with one attached hydrogen (secondary N) is 2. The molecule has 0 unspecified atom stereocenters. The van der Waals surface area contributed by atoms with Crippen molar-refractivity contribution < 1.29 is 9.53 Å². The van der Waals surface area contributed by atoms with E-state index in [1.807, 2.05) is 0 Å². The summed E-state index contributed by atoms with van der Waals surface area (Å²) in [5.74, 6) is 0.228. The summed E-state index contributed by atoms with van der Waals surface area (Å²) in [4.78, 5) is 15.8. The van der Waals surface area contributed by atoms with Gasteiger partial charge in [-0.2, -0.15) is 0 Å². The van der Waals surface area contributed by atoms with Gasteiger partial charge >= 0.3 is 5.97 Å². The largest absolute Gasteiger partial charge is 0.462 e. The molecule has 0 bridgehead atoms. The van der Waals surface area contributed by atoms with Gasteiger partial charge in [0.05, 0.1) is 6.61 Å². The summed E-state index contributed by atoms with van der Waals surface area (Å²) in [5, 5.41) is 6.42. The lowest BCUT2D eigenvalue weighted by Crippen LogP contribution is -2.28. The van der Waals surface area contributed by atoms with Crippen LogP contribution in [-0.4, -0.2) is 36.7 Å². The number of anilines is 1. The Bertz CT molecular complexity index is 380. The highest BCUT2D eigenvalue weighted by atomic mass is 16.5. The van der Waals surface area contributed by atoms with Crippen molar-refractivity contribution in [3.63, 3.8) is 0 Å². The van der Waals surface area contributed by atoms with Gasteiger partial charge in [-0.05, 0) is 19.1 Å². The fourth-order valence-electron chi connectivity index (χ4n) is 1.46. The van der Waals surface area contributed by atoms with Crippen LogP contribution >= 0.6 is 0 Å². The molecule has 2 N–H and O–H groups in total. The van der Waals surface area contributed by atoms with Crippen molar-refractivity contribution >= 4 is 11.8 Å². The van der Waals surface area contributed by atoms with Gasteiger partial charge in [0, 0.05) is 25.3 Å². The van der Waals surface area contributed by atoms with Gasteiger partial charge in [0.15, 0.2) is 0 Å². The van der Waals surface area contributed by atoms with Gasteiger partial charge in [0.2, 0.25) is 0 Å². The smallest absolute Gasteiger partial charge is 0.341 e. The number of hydrogen-bond acceptors (Lipinski definition) is 5. The van der Waals surface area contributed by atoms with E-state index in [9.17, 15) is 4.79 Å². The quantitative estimate of drug-likeness (QED) is 0.570. The van der Waals surface area contributed by atoms with Crippen molar-refractivity contribution in [3.8, 4) is 0 Å². The predicted octanol–water partition coefficient (Wildman–Crippen LogP) is 1.67. The first-order valence-corrected chi connectivity index (χ1v) is 6.24. The number of ether oxygens (including phenoxy) is 1. The molecule has 0 amide bonds. The van der Waals surface area contributed by atoms with Gasteiger partial charge in [0.1, 0.15) is 11.4 Å². The van der Waals surface area contributed by atoms with Crippen molar-refractivity contribution in [2.75, 3.05) is 25.0 Å². The molecule has 0 aliphatic carbocycles. The Labute approximate surface area is 108 Å². The van der Waals surface area contributed by atoms with Gasteiger partial charge in [0.25, 0.3) is 0 Å². The van der Waals surface area contributed by atoms with Crippen LogP contribution in [0.25, 0.3) is 0 Å². The zero-order valence-electron chi connectivity index (χ0n) is 11.2. The first kappa shape index (κ1) is 14.4. The number of esters is 1. The molecule has 5 heteroatoms. The Morgan fingerprint density at radius 3 is 2.89 bits per heavy atom. The number of aromatic nitrogens is 1. The molecule has 0 atom stereocenters. The van der Waals surface area contributed by atoms with E-state index in [4.69, 9.17) is 4.74 Å². The van der Waals surface area contributed by atoms with Crippen LogP contribution in [0.2, 0.25) is 0 Å². The van der Waals surface area contributed by atoms with Crippen LogP contribution in [0.4, 0.5) is 5.82 Å². The summed E-state index contributed by atoms with van der Waals surface area (Å²) < 4.78 is 4.98. The zero-order chi connectivity index (χ0) is 13.4. The second-order valence-electron chi connectivity index (χ2n) is 4.16. The van der Waals surface area contributed by atoms with Gasteiger partial charge in [-0.1, -0.05) is 13.8 Å². The third-order valence-electron chi connectivity index (χ3n) is 2.27. The highest BCUT2D eigenvalue weighted by molar-refractivity contribution is 5.94. The molecule has 1 heterocycles. The molecule has 0 fully saturated rings. The van der Waals surface area contributed by atoms with Crippen LogP contribution in [0.15, 0.2) is 18.3 Å². The molecule has 0 aromatic carbocycles. The number of pyridine rings is 1. The van der Waals surface area contributed by atoms with Crippen molar-refractivity contribution in [3.05, 3.63) is 23.9 Å². The minimum Gasteiger partial charge on any atom is -0.462 e. The van der Waals surface area contributed by atoms with Gasteiger partial charge < -0.3 is 15.4 Å². The van der Waals surface area contributed by atoms with Crippen molar-refractivity contribution in [1.29, 1.82) is 0 Å². The Kier molecular flexibility index (Phi) is 6.14. The number of hydrogen-bond donors (Lipinski definition) is 2. The summed E-state index contributed by atoms with van der Waals surface area (Å²) >= 11 is 0. The van der Waals surface area contributed by atoms with Gasteiger partial charge in [-0.3, -0.25) is 0 Å². The number of rotatable bonds is 7. The lowest BCUT2D eigenvalue weighted by molar-refractivity contribution is 0.0527. The Hall–Kier alpha value is -1.62. The van der Waals surface area contributed by atoms with Crippen LogP contribution in [0.1, 0.15) is 31.1 Å². The van der Waals surface area contributed by atoms with E-state index in [1.54, 1.807) is 25.3 Å². The van der Waals surface area contributed by atoms with E-state index in [1.165, 1.54) is 0 Å². The number of nitrogens with zero attached hydrogens (tertiary/aromatic N) is 1. The molecule has 100 valence electrons. The Balaban J connectivity index is 2.56. The standard InChI is InChI=1S/C13H21N3O2/c1-4-18-13(17)11-6-5-7-15-12(11)16-9-8-14-10(2)3/h5-7,10,14H,4,8-9H2,1-3H3,(H,15,16). The maximum absolute atomic E-state index is 11.7. The van der Waals surface area contributed by atoms with Crippen LogP contribution < -0.4 is 10.6 Å². The summed E-state index contributed by atoms with van der Waals surface area (Å²) in [6.07, 6.45) is 1.65. The topological polar surface area (TPSA) is 63.2 Å². The summed E-state index contributed by atoms with van der Waals surface area (Å²) in [5.41, 5.74) is 0.476. The molecule has 0 saturated heterocycles. The van der Waals surface area contributed by atoms with Crippen LogP contribution in [0, 0.1) is 0 Å². The fourth-order valence-corrected chi connectivity index (χ4v) is 1.46. The summed E-state index contributed by atoms with van der Waals surface area (Å²) in [6.45, 7) is 7.85. The second kappa shape index (κ2) is 7.66. The molecule has 1 rings (SSSR count). The van der Waals surface area contributed by atoms with Crippen LogP contribution in [0.3, 0.4) is 0 Å². The summed E-state index contributed by atoms with van der Waals surface area (Å²) in [7, 11) is 0. The van der Waals surface area contributed by atoms with E-state index >= 15 is 0 Å². The van der Waals surface area contributed by atoms with Crippen LogP contribution in [-0.2, 0) is 4.74 Å². The van der Waals surface area contributed by atoms with Crippen molar-refractivity contribution in [2.45, 2.75) is 26.8 Å². The minimum absolute atomic E-state index is 0.343. The van der Waals surface area contributed by atoms with Gasteiger partial charge in [-0.15, -0.1) is 0 Å². The summed E-state index contributed by atoms with van der Waals surface area (Å²) in [6, 6.07) is 3.88. The van der Waals surface area contributed by atoms with E-state index in [-0.39, 0.29) is 5.97 Å². The third-order valence-corrected chi connectivity index (χ3v) is 2.27. The SMILES string of the molecule is CCOC(=O)c1cccnc1NCCNC(C)C. The molecule has 0 spiro atoms. The predicted molar refractivity (Wildman–Crippen MR) is 71.8 cm³/mol. The highest BCUT2D eigenvalue weighted by Crippen LogP contribution is 2.12. The highest BCUT2D eigenvalue weighted by Gasteiger charge is 2.12. The first-order chi connectivity index (χ1) is 8.65. The maximum atomic E-state index is 11.7. The number of carbonyl (C=O) groups excluding carboxylic acids is 1. The van der Waals surface area contributed by atoms with E-state index < -0.39 is 0 Å². The second-order valence-corrected chi connectivity index (χ2v) is 4.16. The molecule has 1 aromatic heterocycles. The Morgan fingerprint density at radius 1 is 1.44 bits per heavy atom. The fraction of sp³-hybridized carbons (Fsp3) is 0.538. The van der Waals surface area contributed by atoms with Crippen molar-refractivity contribution in [1.82, 2.24) is 10.3 Å². The first-order valence-electron chi connectivity index (χ1n) is 6.24. The zero-order valence-corrected chi connectivity index (χ0v) is 11.2. The van der Waals surface area contributed by atoms with Crippen LogP contribution in [0.5, 0.6) is 0 Å². The lowest BCUT2D eigenvalue weighted by Gasteiger charge is -2.11. The maximum Gasteiger partial charge on any atom is 0.341 e. The molecule has 1 aromatic rings. The molecule has 0 aliphatic rings. The van der Waals surface area contributed by atoms with E-state index in [0.717, 1.165) is 6.54 Å². The van der Waals surface area contributed by atoms with E-state index in [0.29, 0.717) is 30.6 Å². The minimum atomic E-state index is -0.343. The van der Waals surface area contributed by atoms with E-state index in [2.05, 4.69) is 29.5 Å². The molecule has 5 nitrogen and oxygen atoms in total. The Morgan fingerprint density at radius 2 is 2.22 bits per heavy atom. The molecule has 0 radical (unpaired) electrons. The monoisotopic (exact) mass is 251 g/mol. The normalized spacial score (nSPS) is 10.4. The van der Waals surface area contributed by atoms with Crippen molar-refractivity contribution in [2.24, 2.45) is 0 Å². The lowest BCUT2D eigenvalue weighted by atomic mass is 10.2. The molecular weight excluding hydrogens is 230 g/mol. The van der Waals surface area contributed by atoms with Gasteiger partial charge in [-0.25, -0.2) is 9.78 Å². The molecular formula is C13H21N3O2. The third kappa shape index (κ3) is 4.71. The number of carbonyl (C=O) groups is 1. The average molecular weight is 251 g/mol.